The molecule has 0 fully saturated rings. The molecule has 2 rings (SSSR count). The fourth-order valence-electron chi connectivity index (χ4n) is 2.06. The molecule has 1 aromatic carbocycles. The van der Waals surface area contributed by atoms with Gasteiger partial charge in [0, 0.05) is 22.8 Å². The number of nitrogens with zero attached hydrogens (tertiary/aromatic N) is 2. The quantitative estimate of drug-likeness (QED) is 0.659. The Balaban J connectivity index is 2.24. The first kappa shape index (κ1) is 14.3. The molecule has 2 aromatic rings. The van der Waals surface area contributed by atoms with Crippen molar-refractivity contribution < 1.29 is 0 Å². The van der Waals surface area contributed by atoms with E-state index < -0.39 is 0 Å². The summed E-state index contributed by atoms with van der Waals surface area (Å²) in [5.41, 5.74) is 4.85. The minimum Gasteiger partial charge on any atom is -0.271 e. The predicted molar refractivity (Wildman–Crippen MR) is 78.1 cm³/mol. The van der Waals surface area contributed by atoms with E-state index in [2.05, 4.69) is 10.5 Å². The molecule has 3 N–H and O–H groups in total. The van der Waals surface area contributed by atoms with E-state index >= 15 is 0 Å². The number of aromatic nitrogens is 2. The van der Waals surface area contributed by atoms with Gasteiger partial charge in [-0.2, -0.15) is 5.10 Å². The van der Waals surface area contributed by atoms with Crippen LogP contribution in [0, 0.1) is 0 Å². The van der Waals surface area contributed by atoms with Crippen molar-refractivity contribution in [3.8, 4) is 0 Å². The van der Waals surface area contributed by atoms with Crippen molar-refractivity contribution in [1.29, 1.82) is 0 Å². The third-order valence-electron chi connectivity index (χ3n) is 3.05. The first-order valence-electron chi connectivity index (χ1n) is 6.07. The molecule has 0 spiro atoms. The number of hydrazine groups is 1. The normalized spacial score (nSPS) is 12.6. The monoisotopic (exact) mass is 298 g/mol. The van der Waals surface area contributed by atoms with E-state index in [1.54, 1.807) is 12.3 Å². The number of rotatable bonds is 5. The minimum absolute atomic E-state index is 0.0406. The summed E-state index contributed by atoms with van der Waals surface area (Å²) in [5.74, 6) is 5.66. The summed E-state index contributed by atoms with van der Waals surface area (Å²) in [7, 11) is 0. The van der Waals surface area contributed by atoms with Crippen molar-refractivity contribution >= 4 is 23.2 Å². The summed E-state index contributed by atoms with van der Waals surface area (Å²) < 4.78 is 1.91. The molecule has 1 heterocycles. The highest BCUT2D eigenvalue weighted by Gasteiger charge is 2.16. The maximum absolute atomic E-state index is 6.19. The van der Waals surface area contributed by atoms with Crippen LogP contribution < -0.4 is 11.3 Å². The van der Waals surface area contributed by atoms with Crippen LogP contribution in [0.2, 0.25) is 10.0 Å². The van der Waals surface area contributed by atoms with Crippen LogP contribution in [-0.4, -0.2) is 9.78 Å². The van der Waals surface area contributed by atoms with Crippen LogP contribution in [0.15, 0.2) is 30.5 Å². The number of hydrogen-bond donors (Lipinski definition) is 2. The molecule has 6 heteroatoms. The molecule has 0 radical (unpaired) electrons. The third kappa shape index (κ3) is 3.28. The van der Waals surface area contributed by atoms with Gasteiger partial charge in [0.2, 0.25) is 0 Å². The van der Waals surface area contributed by atoms with Crippen molar-refractivity contribution in [3.63, 3.8) is 0 Å². The van der Waals surface area contributed by atoms with Gasteiger partial charge in [-0.05, 0) is 37.1 Å². The number of hydrogen-bond acceptors (Lipinski definition) is 3. The molecule has 1 unspecified atom stereocenters. The zero-order chi connectivity index (χ0) is 13.8. The lowest BCUT2D eigenvalue weighted by atomic mass is 10.0. The molecule has 1 aromatic heterocycles. The molecule has 1 atom stereocenters. The molecule has 102 valence electrons. The molecule has 0 aliphatic heterocycles. The Labute approximate surface area is 122 Å². The van der Waals surface area contributed by atoms with Gasteiger partial charge in [0.15, 0.2) is 0 Å². The molecule has 4 nitrogen and oxygen atoms in total. The zero-order valence-corrected chi connectivity index (χ0v) is 12.1. The number of halogens is 2. The summed E-state index contributed by atoms with van der Waals surface area (Å²) >= 11 is 12.1. The second kappa shape index (κ2) is 6.39. The van der Waals surface area contributed by atoms with E-state index in [0.717, 1.165) is 17.8 Å². The smallest absolute Gasteiger partial charge is 0.0669 e. The number of nitrogens with one attached hydrogen (secondary N) is 1. The highest BCUT2D eigenvalue weighted by molar-refractivity contribution is 6.35. The minimum atomic E-state index is -0.0406. The van der Waals surface area contributed by atoms with Crippen LogP contribution in [0.25, 0.3) is 0 Å². The van der Waals surface area contributed by atoms with Crippen molar-refractivity contribution in [2.75, 3.05) is 0 Å². The van der Waals surface area contributed by atoms with Gasteiger partial charge in [0.05, 0.1) is 11.7 Å². The Morgan fingerprint density at radius 3 is 2.79 bits per heavy atom. The summed E-state index contributed by atoms with van der Waals surface area (Å²) in [4.78, 5) is 0. The lowest BCUT2D eigenvalue weighted by Gasteiger charge is -2.18. The van der Waals surface area contributed by atoms with Gasteiger partial charge in [-0.3, -0.25) is 16.0 Å². The van der Waals surface area contributed by atoms with E-state index in [-0.39, 0.29) is 6.04 Å². The molecule has 19 heavy (non-hydrogen) atoms. The maximum Gasteiger partial charge on any atom is 0.0669 e. The van der Waals surface area contributed by atoms with Crippen LogP contribution in [0.1, 0.15) is 24.2 Å². The maximum atomic E-state index is 6.19. The van der Waals surface area contributed by atoms with Crippen molar-refractivity contribution in [2.45, 2.75) is 25.9 Å². The predicted octanol–water partition coefficient (Wildman–Crippen LogP) is 2.96. The summed E-state index contributed by atoms with van der Waals surface area (Å²) in [5, 5.41) is 5.53. The molecule has 0 amide bonds. The molecule has 0 saturated carbocycles. The van der Waals surface area contributed by atoms with Crippen molar-refractivity contribution in [1.82, 2.24) is 15.2 Å². The number of aryl methyl sites for hydroxylation is 1. The fraction of sp³-hybridized carbons (Fsp3) is 0.308. The number of benzene rings is 1. The van der Waals surface area contributed by atoms with Gasteiger partial charge in [-0.25, -0.2) is 0 Å². The zero-order valence-electron chi connectivity index (χ0n) is 10.6. The van der Waals surface area contributed by atoms with Gasteiger partial charge in [-0.1, -0.05) is 29.3 Å². The van der Waals surface area contributed by atoms with Gasteiger partial charge in [0.1, 0.15) is 0 Å². The Hall–Kier alpha value is -1.07. The van der Waals surface area contributed by atoms with E-state index in [9.17, 15) is 0 Å². The summed E-state index contributed by atoms with van der Waals surface area (Å²) in [6.45, 7) is 2.84. The van der Waals surface area contributed by atoms with E-state index in [1.165, 1.54) is 0 Å². The topological polar surface area (TPSA) is 55.9 Å². The lowest BCUT2D eigenvalue weighted by Crippen LogP contribution is -2.31. The standard InChI is InChI=1S/C13H16Cl2N4/c1-2-19-13(5-6-17-19)12(18-16)7-9-3-4-10(14)8-11(9)15/h3-6,8,12,18H,2,7,16H2,1H3. The molecule has 0 aliphatic rings. The van der Waals surface area contributed by atoms with Crippen LogP contribution in [0.3, 0.4) is 0 Å². The Kier molecular flexibility index (Phi) is 4.82. The van der Waals surface area contributed by atoms with Crippen LogP contribution in [0.5, 0.6) is 0 Å². The SMILES string of the molecule is CCn1nccc1C(Cc1ccc(Cl)cc1Cl)NN. The Morgan fingerprint density at radius 1 is 1.37 bits per heavy atom. The molecular formula is C13H16Cl2N4. The lowest BCUT2D eigenvalue weighted by molar-refractivity contribution is 0.490. The second-order valence-electron chi connectivity index (χ2n) is 4.23. The third-order valence-corrected chi connectivity index (χ3v) is 3.63. The average molecular weight is 299 g/mol. The van der Waals surface area contributed by atoms with Crippen molar-refractivity contribution in [2.24, 2.45) is 5.84 Å². The first-order chi connectivity index (χ1) is 9.15. The fourth-order valence-corrected chi connectivity index (χ4v) is 2.54. The molecular weight excluding hydrogens is 283 g/mol. The molecule has 0 bridgehead atoms. The summed E-state index contributed by atoms with van der Waals surface area (Å²) in [6, 6.07) is 7.40. The Bertz CT molecular complexity index is 553. The average Bonchev–Trinajstić information content (AvgIpc) is 2.86. The van der Waals surface area contributed by atoms with Gasteiger partial charge in [-0.15, -0.1) is 0 Å². The van der Waals surface area contributed by atoms with Crippen LogP contribution in [0.4, 0.5) is 0 Å². The van der Waals surface area contributed by atoms with Crippen molar-refractivity contribution in [3.05, 3.63) is 51.8 Å². The second-order valence-corrected chi connectivity index (χ2v) is 5.07. The van der Waals surface area contributed by atoms with Gasteiger partial charge < -0.3 is 0 Å². The molecule has 0 aliphatic carbocycles. The summed E-state index contributed by atoms with van der Waals surface area (Å²) in [6.07, 6.45) is 2.45. The largest absolute Gasteiger partial charge is 0.271 e. The van der Waals surface area contributed by atoms with E-state index in [0.29, 0.717) is 16.5 Å². The highest BCUT2D eigenvalue weighted by Crippen LogP contribution is 2.25. The first-order valence-corrected chi connectivity index (χ1v) is 6.83. The van der Waals surface area contributed by atoms with Gasteiger partial charge in [0.25, 0.3) is 0 Å². The number of nitrogens with two attached hydrogens (primary N) is 1. The van der Waals surface area contributed by atoms with Gasteiger partial charge >= 0.3 is 0 Å². The highest BCUT2D eigenvalue weighted by atomic mass is 35.5. The van der Waals surface area contributed by atoms with E-state index in [4.69, 9.17) is 29.0 Å². The van der Waals surface area contributed by atoms with Crippen LogP contribution in [-0.2, 0) is 13.0 Å². The molecule has 0 saturated heterocycles. The van der Waals surface area contributed by atoms with Crippen LogP contribution >= 0.6 is 23.2 Å². The van der Waals surface area contributed by atoms with E-state index in [1.807, 2.05) is 29.8 Å². The Morgan fingerprint density at radius 2 is 2.16 bits per heavy atom.